The van der Waals surface area contributed by atoms with Crippen LogP contribution in [0, 0.1) is 5.92 Å². The van der Waals surface area contributed by atoms with E-state index in [1.807, 2.05) is 17.9 Å². The smallest absolute Gasteiger partial charge is 0.321 e. The van der Waals surface area contributed by atoms with Crippen molar-refractivity contribution in [1.82, 2.24) is 10.2 Å². The molecule has 0 unspecified atom stereocenters. The number of fused-ring (bicyclic) bond motifs is 1. The number of likely N-dealkylation sites (tertiary alicyclic amines) is 1. The second-order valence-corrected chi connectivity index (χ2v) is 7.37. The zero-order valence-electron chi connectivity index (χ0n) is 16.3. The fourth-order valence-corrected chi connectivity index (χ4v) is 3.87. The lowest BCUT2D eigenvalue weighted by Gasteiger charge is -2.31. The number of benzene rings is 1. The molecule has 1 fully saturated rings. The number of carbonyl (C=O) groups excluding carboxylic acids is 2. The molecule has 2 N–H and O–H groups in total. The number of anilines is 1. The Labute approximate surface area is 161 Å². The summed E-state index contributed by atoms with van der Waals surface area (Å²) in [6, 6.07) is 6.15. The Morgan fingerprint density at radius 3 is 2.74 bits per heavy atom. The monoisotopic (exact) mass is 373 g/mol. The molecule has 1 heterocycles. The minimum atomic E-state index is -0.0662. The van der Waals surface area contributed by atoms with Gasteiger partial charge < -0.3 is 20.3 Å². The maximum absolute atomic E-state index is 12.5. The number of ether oxygens (including phenoxy) is 1. The lowest BCUT2D eigenvalue weighted by Crippen LogP contribution is -2.44. The lowest BCUT2D eigenvalue weighted by molar-refractivity contribution is -0.126. The van der Waals surface area contributed by atoms with Crippen LogP contribution >= 0.6 is 0 Å². The average Bonchev–Trinajstić information content (AvgIpc) is 3.15. The van der Waals surface area contributed by atoms with E-state index in [9.17, 15) is 9.59 Å². The van der Waals surface area contributed by atoms with E-state index in [0.717, 1.165) is 37.8 Å². The molecule has 2 aliphatic rings. The minimum Gasteiger partial charge on any atom is -0.382 e. The second kappa shape index (κ2) is 9.74. The Balaban J connectivity index is 1.39. The largest absolute Gasteiger partial charge is 0.382 e. The summed E-state index contributed by atoms with van der Waals surface area (Å²) in [6.45, 7) is 5.24. The Hall–Kier alpha value is -2.08. The molecule has 0 radical (unpaired) electrons. The van der Waals surface area contributed by atoms with Crippen molar-refractivity contribution in [3.05, 3.63) is 29.3 Å². The van der Waals surface area contributed by atoms with Gasteiger partial charge in [0.2, 0.25) is 5.91 Å². The van der Waals surface area contributed by atoms with E-state index in [0.29, 0.717) is 32.8 Å². The van der Waals surface area contributed by atoms with Gasteiger partial charge in [-0.2, -0.15) is 0 Å². The first-order chi connectivity index (χ1) is 13.2. The van der Waals surface area contributed by atoms with Crippen LogP contribution < -0.4 is 10.6 Å². The Bertz CT molecular complexity index is 654. The van der Waals surface area contributed by atoms with Gasteiger partial charge >= 0.3 is 6.03 Å². The van der Waals surface area contributed by atoms with Gasteiger partial charge in [-0.15, -0.1) is 0 Å². The van der Waals surface area contributed by atoms with Gasteiger partial charge in [-0.1, -0.05) is 6.07 Å². The van der Waals surface area contributed by atoms with Crippen molar-refractivity contribution >= 4 is 17.6 Å². The van der Waals surface area contributed by atoms with Crippen molar-refractivity contribution in [2.75, 3.05) is 38.2 Å². The molecule has 148 valence electrons. The van der Waals surface area contributed by atoms with Crippen LogP contribution in [0.4, 0.5) is 10.5 Å². The van der Waals surface area contributed by atoms with E-state index in [1.54, 1.807) is 0 Å². The molecule has 0 atom stereocenters. The van der Waals surface area contributed by atoms with Gasteiger partial charge in [-0.25, -0.2) is 4.79 Å². The van der Waals surface area contributed by atoms with Gasteiger partial charge in [0.15, 0.2) is 0 Å². The first-order valence-corrected chi connectivity index (χ1v) is 10.2. The number of hydrogen-bond donors (Lipinski definition) is 2. The predicted molar refractivity (Wildman–Crippen MR) is 106 cm³/mol. The molecular weight excluding hydrogens is 342 g/mol. The van der Waals surface area contributed by atoms with Gasteiger partial charge in [0.25, 0.3) is 0 Å². The molecule has 1 aliphatic carbocycles. The molecule has 1 aliphatic heterocycles. The zero-order chi connectivity index (χ0) is 19.1. The Morgan fingerprint density at radius 2 is 1.96 bits per heavy atom. The maximum atomic E-state index is 12.5. The topological polar surface area (TPSA) is 70.7 Å². The average molecular weight is 373 g/mol. The van der Waals surface area contributed by atoms with Crippen molar-refractivity contribution < 1.29 is 14.3 Å². The van der Waals surface area contributed by atoms with Crippen molar-refractivity contribution in [1.29, 1.82) is 0 Å². The second-order valence-electron chi connectivity index (χ2n) is 7.37. The van der Waals surface area contributed by atoms with Crippen molar-refractivity contribution in [2.45, 2.75) is 45.4 Å². The van der Waals surface area contributed by atoms with Crippen LogP contribution in [-0.2, 0) is 22.4 Å². The van der Waals surface area contributed by atoms with E-state index in [4.69, 9.17) is 4.74 Å². The predicted octanol–water partition coefficient (Wildman–Crippen LogP) is 2.96. The summed E-state index contributed by atoms with van der Waals surface area (Å²) in [6.07, 6.45) is 5.72. The van der Waals surface area contributed by atoms with Gasteiger partial charge in [0, 0.05) is 44.5 Å². The number of amides is 3. The van der Waals surface area contributed by atoms with Crippen LogP contribution in [0.3, 0.4) is 0 Å². The third kappa shape index (κ3) is 5.45. The quantitative estimate of drug-likeness (QED) is 0.722. The number of piperidine rings is 1. The summed E-state index contributed by atoms with van der Waals surface area (Å²) in [5.41, 5.74) is 3.63. The van der Waals surface area contributed by atoms with E-state index in [-0.39, 0.29) is 17.9 Å². The van der Waals surface area contributed by atoms with Crippen LogP contribution in [0.15, 0.2) is 18.2 Å². The maximum Gasteiger partial charge on any atom is 0.321 e. The summed E-state index contributed by atoms with van der Waals surface area (Å²) < 4.78 is 5.27. The Morgan fingerprint density at radius 1 is 1.19 bits per heavy atom. The standard InChI is InChI=1S/C21H31N3O3/c1-2-27-14-4-11-22-20(25)17-9-12-24(13-10-17)21(26)23-19-8-7-16-5-3-6-18(16)15-19/h7-8,15,17H,2-6,9-14H2,1H3,(H,22,25)(H,23,26). The number of hydrogen-bond acceptors (Lipinski definition) is 3. The summed E-state index contributed by atoms with van der Waals surface area (Å²) >= 11 is 0. The Kier molecular flexibility index (Phi) is 7.10. The molecule has 0 saturated carbocycles. The molecule has 1 saturated heterocycles. The zero-order valence-corrected chi connectivity index (χ0v) is 16.3. The van der Waals surface area contributed by atoms with Gasteiger partial charge in [-0.05, 0) is 68.7 Å². The lowest BCUT2D eigenvalue weighted by atomic mass is 9.96. The highest BCUT2D eigenvalue weighted by atomic mass is 16.5. The number of carbonyl (C=O) groups is 2. The van der Waals surface area contributed by atoms with Crippen molar-refractivity contribution in [3.8, 4) is 0 Å². The molecule has 6 heteroatoms. The molecule has 0 bridgehead atoms. The fraction of sp³-hybridized carbons (Fsp3) is 0.619. The van der Waals surface area contributed by atoms with E-state index in [2.05, 4.69) is 22.8 Å². The first-order valence-electron chi connectivity index (χ1n) is 10.2. The van der Waals surface area contributed by atoms with Crippen molar-refractivity contribution in [2.24, 2.45) is 5.92 Å². The van der Waals surface area contributed by atoms with Crippen LogP contribution in [0.1, 0.15) is 43.7 Å². The van der Waals surface area contributed by atoms with E-state index >= 15 is 0 Å². The third-order valence-electron chi connectivity index (χ3n) is 5.47. The third-order valence-corrected chi connectivity index (χ3v) is 5.47. The fourth-order valence-electron chi connectivity index (χ4n) is 3.87. The summed E-state index contributed by atoms with van der Waals surface area (Å²) in [4.78, 5) is 26.6. The number of nitrogens with zero attached hydrogens (tertiary/aromatic N) is 1. The molecule has 3 amide bonds. The number of rotatable bonds is 7. The SMILES string of the molecule is CCOCCCNC(=O)C1CCN(C(=O)Nc2ccc3c(c2)CCC3)CC1. The van der Waals surface area contributed by atoms with E-state index < -0.39 is 0 Å². The molecule has 1 aromatic rings. The highest BCUT2D eigenvalue weighted by Gasteiger charge is 2.27. The van der Waals surface area contributed by atoms with Gasteiger partial charge in [0.1, 0.15) is 0 Å². The van der Waals surface area contributed by atoms with Crippen LogP contribution in [0.25, 0.3) is 0 Å². The van der Waals surface area contributed by atoms with Crippen molar-refractivity contribution in [3.63, 3.8) is 0 Å². The van der Waals surface area contributed by atoms with Crippen LogP contribution in [0.2, 0.25) is 0 Å². The van der Waals surface area contributed by atoms with Gasteiger partial charge in [-0.3, -0.25) is 4.79 Å². The highest BCUT2D eigenvalue weighted by Crippen LogP contribution is 2.25. The molecule has 0 aromatic heterocycles. The molecule has 1 aromatic carbocycles. The summed E-state index contributed by atoms with van der Waals surface area (Å²) in [7, 11) is 0. The summed E-state index contributed by atoms with van der Waals surface area (Å²) in [5.74, 6) is 0.103. The number of urea groups is 1. The number of nitrogens with one attached hydrogen (secondary N) is 2. The molecule has 0 spiro atoms. The molecule has 3 rings (SSSR count). The van der Waals surface area contributed by atoms with Gasteiger partial charge in [0.05, 0.1) is 0 Å². The van der Waals surface area contributed by atoms with Crippen LogP contribution in [0.5, 0.6) is 0 Å². The molecular formula is C21H31N3O3. The molecule has 27 heavy (non-hydrogen) atoms. The first kappa shape index (κ1) is 19.7. The normalized spacial score (nSPS) is 16.9. The van der Waals surface area contributed by atoms with E-state index in [1.165, 1.54) is 17.5 Å². The highest BCUT2D eigenvalue weighted by molar-refractivity contribution is 5.89. The van der Waals surface area contributed by atoms with Crippen LogP contribution in [-0.4, -0.2) is 49.7 Å². The summed E-state index contributed by atoms with van der Waals surface area (Å²) in [5, 5.41) is 5.99. The molecule has 6 nitrogen and oxygen atoms in total. The minimum absolute atomic E-state index is 0.00105. The number of aryl methyl sites for hydroxylation is 2.